The molecule has 1 aliphatic rings. The number of hydrogen-bond acceptors (Lipinski definition) is 5. The lowest BCUT2D eigenvalue weighted by Crippen LogP contribution is -2.43. The van der Waals surface area contributed by atoms with E-state index < -0.39 is 0 Å². The van der Waals surface area contributed by atoms with Gasteiger partial charge in [-0.1, -0.05) is 28.8 Å². The zero-order valence-electron chi connectivity index (χ0n) is 9.77. The maximum absolute atomic E-state index is 6.10. The first-order valence-electron chi connectivity index (χ1n) is 5.88. The minimum absolute atomic E-state index is 0.467. The van der Waals surface area contributed by atoms with E-state index in [1.807, 2.05) is 24.3 Å². The molecule has 3 rings (SSSR count). The van der Waals surface area contributed by atoms with Crippen molar-refractivity contribution >= 4 is 17.6 Å². The van der Waals surface area contributed by atoms with Crippen LogP contribution in [0.5, 0.6) is 0 Å². The molecule has 18 heavy (non-hydrogen) atoms. The van der Waals surface area contributed by atoms with Gasteiger partial charge in [-0.25, -0.2) is 0 Å². The molecule has 0 atom stereocenters. The van der Waals surface area contributed by atoms with Crippen LogP contribution in [0.1, 0.15) is 0 Å². The van der Waals surface area contributed by atoms with Gasteiger partial charge in [-0.05, 0) is 12.1 Å². The summed E-state index contributed by atoms with van der Waals surface area (Å²) in [5.74, 6) is 0.467. The molecule has 1 fully saturated rings. The monoisotopic (exact) mass is 264 g/mol. The Balaban J connectivity index is 1.87. The number of nitrogens with one attached hydrogen (secondary N) is 1. The zero-order chi connectivity index (χ0) is 12.4. The fourth-order valence-corrected chi connectivity index (χ4v) is 2.16. The van der Waals surface area contributed by atoms with Gasteiger partial charge in [0.15, 0.2) is 0 Å². The Bertz CT molecular complexity index is 536. The standard InChI is InChI=1S/C12H13ClN4O/c13-10-4-2-1-3-9(10)11-15-16-12(18-11)17-7-5-14-6-8-17/h1-4,14H,5-8H2. The third-order valence-corrected chi connectivity index (χ3v) is 3.24. The minimum atomic E-state index is 0.467. The summed E-state index contributed by atoms with van der Waals surface area (Å²) in [5.41, 5.74) is 0.771. The predicted octanol–water partition coefficient (Wildman–Crippen LogP) is 1.80. The van der Waals surface area contributed by atoms with E-state index in [1.54, 1.807) is 0 Å². The van der Waals surface area contributed by atoms with E-state index in [0.717, 1.165) is 31.7 Å². The second-order valence-electron chi connectivity index (χ2n) is 4.11. The highest BCUT2D eigenvalue weighted by atomic mass is 35.5. The van der Waals surface area contributed by atoms with Crippen molar-refractivity contribution in [1.29, 1.82) is 0 Å². The summed E-state index contributed by atoms with van der Waals surface area (Å²) < 4.78 is 5.68. The average molecular weight is 265 g/mol. The van der Waals surface area contributed by atoms with Crippen LogP contribution in [-0.4, -0.2) is 36.4 Å². The number of rotatable bonds is 2. The van der Waals surface area contributed by atoms with Crippen molar-refractivity contribution in [3.05, 3.63) is 29.3 Å². The molecular formula is C12H13ClN4O. The Morgan fingerprint density at radius 2 is 1.94 bits per heavy atom. The van der Waals surface area contributed by atoms with Crippen LogP contribution in [-0.2, 0) is 0 Å². The first-order chi connectivity index (χ1) is 8.84. The summed E-state index contributed by atoms with van der Waals surface area (Å²) in [6.45, 7) is 3.63. The molecular weight excluding hydrogens is 252 g/mol. The SMILES string of the molecule is Clc1ccccc1-c1nnc(N2CCNCC2)o1. The Kier molecular flexibility index (Phi) is 3.17. The van der Waals surface area contributed by atoms with E-state index in [1.165, 1.54) is 0 Å². The largest absolute Gasteiger partial charge is 0.403 e. The van der Waals surface area contributed by atoms with E-state index in [2.05, 4.69) is 20.4 Å². The molecule has 5 nitrogen and oxygen atoms in total. The maximum Gasteiger partial charge on any atom is 0.318 e. The molecule has 2 aromatic rings. The lowest BCUT2D eigenvalue weighted by atomic mass is 10.2. The van der Waals surface area contributed by atoms with Crippen molar-refractivity contribution in [1.82, 2.24) is 15.5 Å². The molecule has 1 N–H and O–H groups in total. The number of piperazine rings is 1. The molecule has 1 aromatic heterocycles. The molecule has 0 spiro atoms. The molecule has 0 radical (unpaired) electrons. The van der Waals surface area contributed by atoms with Gasteiger partial charge in [0, 0.05) is 26.2 Å². The van der Waals surface area contributed by atoms with E-state index in [4.69, 9.17) is 16.0 Å². The molecule has 0 amide bonds. The Morgan fingerprint density at radius 3 is 2.72 bits per heavy atom. The van der Waals surface area contributed by atoms with Gasteiger partial charge < -0.3 is 14.6 Å². The van der Waals surface area contributed by atoms with Crippen LogP contribution in [0.3, 0.4) is 0 Å². The fourth-order valence-electron chi connectivity index (χ4n) is 1.94. The summed E-state index contributed by atoms with van der Waals surface area (Å²) in [6.07, 6.45) is 0. The molecule has 1 aliphatic heterocycles. The molecule has 0 unspecified atom stereocenters. The van der Waals surface area contributed by atoms with Gasteiger partial charge in [-0.15, -0.1) is 5.10 Å². The van der Waals surface area contributed by atoms with Crippen LogP contribution < -0.4 is 10.2 Å². The van der Waals surface area contributed by atoms with E-state index >= 15 is 0 Å². The van der Waals surface area contributed by atoms with Gasteiger partial charge >= 0.3 is 6.01 Å². The normalized spacial score (nSPS) is 15.9. The molecule has 0 bridgehead atoms. The second-order valence-corrected chi connectivity index (χ2v) is 4.51. The van der Waals surface area contributed by atoms with E-state index in [9.17, 15) is 0 Å². The number of benzene rings is 1. The fraction of sp³-hybridized carbons (Fsp3) is 0.333. The lowest BCUT2D eigenvalue weighted by Gasteiger charge is -2.24. The van der Waals surface area contributed by atoms with E-state index in [-0.39, 0.29) is 0 Å². The number of nitrogens with zero attached hydrogens (tertiary/aromatic N) is 3. The van der Waals surface area contributed by atoms with Gasteiger partial charge in [0.1, 0.15) is 0 Å². The number of anilines is 1. The summed E-state index contributed by atoms with van der Waals surface area (Å²) in [6, 6.07) is 8.02. The Hall–Kier alpha value is -1.59. The maximum atomic E-state index is 6.10. The molecule has 1 saturated heterocycles. The zero-order valence-corrected chi connectivity index (χ0v) is 10.5. The highest BCUT2D eigenvalue weighted by molar-refractivity contribution is 6.33. The van der Waals surface area contributed by atoms with Crippen molar-refractivity contribution in [2.75, 3.05) is 31.1 Å². The minimum Gasteiger partial charge on any atom is -0.403 e. The van der Waals surface area contributed by atoms with Crippen molar-refractivity contribution in [3.8, 4) is 11.5 Å². The van der Waals surface area contributed by atoms with Gasteiger partial charge in [-0.3, -0.25) is 0 Å². The Labute approximate surface area is 110 Å². The van der Waals surface area contributed by atoms with Crippen LogP contribution in [0.15, 0.2) is 28.7 Å². The average Bonchev–Trinajstić information content (AvgIpc) is 2.90. The van der Waals surface area contributed by atoms with Crippen LogP contribution in [0.2, 0.25) is 5.02 Å². The first-order valence-corrected chi connectivity index (χ1v) is 6.26. The van der Waals surface area contributed by atoms with Crippen LogP contribution in [0.25, 0.3) is 11.5 Å². The number of aromatic nitrogens is 2. The quantitative estimate of drug-likeness (QED) is 0.896. The molecule has 2 heterocycles. The lowest BCUT2D eigenvalue weighted by molar-refractivity contribution is 0.505. The number of halogens is 1. The topological polar surface area (TPSA) is 54.2 Å². The third kappa shape index (κ3) is 2.19. The first kappa shape index (κ1) is 11.5. The van der Waals surface area contributed by atoms with Crippen molar-refractivity contribution in [3.63, 3.8) is 0 Å². The summed E-state index contributed by atoms with van der Waals surface area (Å²) in [7, 11) is 0. The van der Waals surface area contributed by atoms with Crippen LogP contribution >= 0.6 is 11.6 Å². The van der Waals surface area contributed by atoms with Gasteiger partial charge in [-0.2, -0.15) is 0 Å². The van der Waals surface area contributed by atoms with Crippen LogP contribution in [0, 0.1) is 0 Å². The summed E-state index contributed by atoms with van der Waals surface area (Å²) in [4.78, 5) is 2.07. The molecule has 0 saturated carbocycles. The van der Waals surface area contributed by atoms with Crippen molar-refractivity contribution < 1.29 is 4.42 Å². The third-order valence-electron chi connectivity index (χ3n) is 2.91. The highest BCUT2D eigenvalue weighted by Crippen LogP contribution is 2.28. The molecule has 0 aliphatic carbocycles. The smallest absolute Gasteiger partial charge is 0.318 e. The van der Waals surface area contributed by atoms with E-state index in [0.29, 0.717) is 16.9 Å². The summed E-state index contributed by atoms with van der Waals surface area (Å²) >= 11 is 6.10. The van der Waals surface area contributed by atoms with Gasteiger partial charge in [0.25, 0.3) is 5.89 Å². The van der Waals surface area contributed by atoms with Gasteiger partial charge in [0.2, 0.25) is 0 Å². The molecule has 94 valence electrons. The highest BCUT2D eigenvalue weighted by Gasteiger charge is 2.18. The summed E-state index contributed by atoms with van der Waals surface area (Å²) in [5, 5.41) is 12.0. The van der Waals surface area contributed by atoms with Crippen molar-refractivity contribution in [2.24, 2.45) is 0 Å². The van der Waals surface area contributed by atoms with Crippen LogP contribution in [0.4, 0.5) is 6.01 Å². The second kappa shape index (κ2) is 4.96. The Morgan fingerprint density at radius 1 is 1.17 bits per heavy atom. The number of hydrogen-bond donors (Lipinski definition) is 1. The molecule has 1 aromatic carbocycles. The van der Waals surface area contributed by atoms with Crippen molar-refractivity contribution in [2.45, 2.75) is 0 Å². The van der Waals surface area contributed by atoms with Gasteiger partial charge in [0.05, 0.1) is 10.6 Å². The molecule has 6 heteroatoms. The predicted molar refractivity (Wildman–Crippen MR) is 69.8 cm³/mol.